The first-order chi connectivity index (χ1) is 18.5. The molecule has 2 N–H and O–H groups in total. The molecule has 0 aliphatic carbocycles. The Kier molecular flexibility index (Phi) is 8.37. The molecule has 1 atom stereocenters. The molecule has 2 heterocycles. The van der Waals surface area contributed by atoms with Crippen LogP contribution in [0.5, 0.6) is 0 Å². The lowest BCUT2D eigenvalue weighted by Crippen LogP contribution is -2.43. The van der Waals surface area contributed by atoms with Gasteiger partial charge in [-0.1, -0.05) is 5.16 Å². The van der Waals surface area contributed by atoms with E-state index in [-0.39, 0.29) is 33.5 Å². The van der Waals surface area contributed by atoms with E-state index in [2.05, 4.69) is 9.99 Å². The van der Waals surface area contributed by atoms with E-state index in [4.69, 9.17) is 0 Å². The molecule has 19 heteroatoms. The van der Waals surface area contributed by atoms with Crippen molar-refractivity contribution in [3.05, 3.63) is 56.3 Å². The molecule has 41 heavy (non-hydrogen) atoms. The number of benzene rings is 1. The highest BCUT2D eigenvalue weighted by molar-refractivity contribution is 7.16. The molecule has 0 radical (unpaired) electrons. The Hall–Kier alpha value is -3.51. The third-order valence-corrected chi connectivity index (χ3v) is 6.83. The van der Waals surface area contributed by atoms with Crippen molar-refractivity contribution in [2.75, 3.05) is 13.1 Å². The average Bonchev–Trinajstić information content (AvgIpc) is 3.44. The number of aryl methyl sites for hydroxylation is 1. The van der Waals surface area contributed by atoms with Gasteiger partial charge in [-0.15, -0.1) is 11.3 Å². The third kappa shape index (κ3) is 7.23. The first-order valence-electron chi connectivity index (χ1n) is 10.9. The number of rotatable bonds is 6. The first kappa shape index (κ1) is 32.0. The van der Waals surface area contributed by atoms with Crippen LogP contribution in [0.3, 0.4) is 0 Å². The molecule has 2 amide bonds. The predicted molar refractivity (Wildman–Crippen MR) is 117 cm³/mol. The van der Waals surface area contributed by atoms with E-state index in [1.54, 1.807) is 0 Å². The average molecular weight is 629 g/mol. The Bertz CT molecular complexity index is 1330. The molecule has 0 fully saturated rings. The molecule has 1 unspecified atom stereocenters. The summed E-state index contributed by atoms with van der Waals surface area (Å²) in [6, 6.07) is 0.541. The smallest absolute Gasteiger partial charge is 0.374 e. The van der Waals surface area contributed by atoms with E-state index in [1.807, 2.05) is 5.32 Å². The van der Waals surface area contributed by atoms with Gasteiger partial charge in [0, 0.05) is 5.56 Å². The van der Waals surface area contributed by atoms with Gasteiger partial charge in [0.05, 0.1) is 33.8 Å². The minimum atomic E-state index is -5.57. The van der Waals surface area contributed by atoms with Crippen LogP contribution in [-0.2, 0) is 27.6 Å². The number of carbonyl (C=O) groups is 2. The second-order valence-electron chi connectivity index (χ2n) is 8.62. The van der Waals surface area contributed by atoms with Gasteiger partial charge in [0.2, 0.25) is 5.91 Å². The number of oxime groups is 1. The lowest BCUT2D eigenvalue weighted by molar-refractivity contribution is -0.276. The van der Waals surface area contributed by atoms with Gasteiger partial charge in [-0.2, -0.15) is 52.7 Å². The zero-order valence-corrected chi connectivity index (χ0v) is 20.9. The zero-order valence-electron chi connectivity index (χ0n) is 20.0. The van der Waals surface area contributed by atoms with E-state index in [0.717, 1.165) is 6.07 Å². The maximum absolute atomic E-state index is 14.2. The van der Waals surface area contributed by atoms with E-state index in [0.29, 0.717) is 11.3 Å². The topological polar surface area (TPSA) is 79.8 Å². The Morgan fingerprint density at radius 2 is 1.46 bits per heavy atom. The van der Waals surface area contributed by atoms with Crippen LogP contribution >= 0.6 is 11.3 Å². The highest BCUT2D eigenvalue weighted by atomic mass is 32.1. The Morgan fingerprint density at radius 3 is 1.95 bits per heavy atom. The fourth-order valence-electron chi connectivity index (χ4n) is 3.58. The maximum atomic E-state index is 14.2. The van der Waals surface area contributed by atoms with Crippen LogP contribution in [0, 0.1) is 6.92 Å². The fourth-order valence-corrected chi connectivity index (χ4v) is 4.64. The van der Waals surface area contributed by atoms with Gasteiger partial charge >= 0.3 is 24.7 Å². The van der Waals surface area contributed by atoms with Crippen molar-refractivity contribution in [1.29, 1.82) is 0 Å². The van der Waals surface area contributed by atoms with Crippen LogP contribution in [0.2, 0.25) is 0 Å². The number of nitrogens with one attached hydrogen (secondary N) is 2. The van der Waals surface area contributed by atoms with Crippen molar-refractivity contribution in [3.8, 4) is 0 Å². The fraction of sp³-hybridized carbons (Fsp3) is 0.409. The molecular formula is C22H15F12N3O3S. The van der Waals surface area contributed by atoms with E-state index in [1.165, 1.54) is 12.2 Å². The summed E-state index contributed by atoms with van der Waals surface area (Å²) in [6.45, 7) is -1.25. The van der Waals surface area contributed by atoms with Crippen molar-refractivity contribution in [1.82, 2.24) is 10.6 Å². The normalized spacial score (nSPS) is 18.1. The second kappa shape index (κ2) is 10.7. The molecule has 0 bridgehead atoms. The second-order valence-corrected chi connectivity index (χ2v) is 9.67. The SMILES string of the molecule is Cc1cc(C2=NOC(c3cc(C(F)(F)F)cc(C(F)(F)F)c3)(C(F)(F)F)C2)sc1C(=O)NCC(=O)NCC(F)(F)F. The van der Waals surface area contributed by atoms with Gasteiger partial charge in [-0.25, -0.2) is 0 Å². The summed E-state index contributed by atoms with van der Waals surface area (Å²) < 4.78 is 159. The Balaban J connectivity index is 1.90. The number of hydrogen-bond donors (Lipinski definition) is 2. The largest absolute Gasteiger partial charge is 0.435 e. The number of hydrogen-bond acceptors (Lipinski definition) is 5. The quantitative estimate of drug-likeness (QED) is 0.380. The third-order valence-electron chi connectivity index (χ3n) is 5.54. The molecule has 226 valence electrons. The van der Waals surface area contributed by atoms with Gasteiger partial charge in [-0.05, 0) is 36.8 Å². The number of halogens is 12. The van der Waals surface area contributed by atoms with Gasteiger partial charge in [0.1, 0.15) is 12.3 Å². The standard InChI is InChI=1S/C22H15F12N3O3S/c1-9-2-14(41-16(9)17(39)35-7-15(38)36-8-19(23,24)25)13-6-18(40-37-13,22(32,33)34)10-3-11(20(26,27)28)5-12(4-10)21(29,30)31/h2-5H,6-8H2,1H3,(H,35,39)(H,36,38). The molecule has 6 nitrogen and oxygen atoms in total. The molecule has 0 spiro atoms. The van der Waals surface area contributed by atoms with E-state index in [9.17, 15) is 62.3 Å². The number of alkyl halides is 12. The zero-order chi connectivity index (χ0) is 31.2. The summed E-state index contributed by atoms with van der Waals surface area (Å²) in [6.07, 6.45) is -22.5. The summed E-state index contributed by atoms with van der Waals surface area (Å²) in [5, 5.41) is 6.78. The summed E-state index contributed by atoms with van der Waals surface area (Å²) in [5.74, 6) is -2.21. The van der Waals surface area contributed by atoms with Crippen molar-refractivity contribution in [3.63, 3.8) is 0 Å². The van der Waals surface area contributed by atoms with Gasteiger partial charge in [0.15, 0.2) is 0 Å². The first-order valence-corrected chi connectivity index (χ1v) is 11.7. The molecule has 1 aromatic heterocycles. The number of carbonyl (C=O) groups excluding carboxylic acids is 2. The van der Waals surface area contributed by atoms with Gasteiger partial charge < -0.3 is 15.5 Å². The molecule has 2 aromatic rings. The molecule has 1 aliphatic heterocycles. The number of thiophene rings is 1. The van der Waals surface area contributed by atoms with E-state index >= 15 is 0 Å². The molecule has 0 saturated heterocycles. The molecule has 1 aromatic carbocycles. The van der Waals surface area contributed by atoms with Gasteiger partial charge in [-0.3, -0.25) is 9.59 Å². The van der Waals surface area contributed by atoms with Crippen molar-refractivity contribution in [2.24, 2.45) is 5.16 Å². The predicted octanol–water partition coefficient (Wildman–Crippen LogP) is 6.08. The maximum Gasteiger partial charge on any atom is 0.435 e. The minimum absolute atomic E-state index is 0.101. The number of amides is 2. The molecule has 1 aliphatic rings. The summed E-state index contributed by atoms with van der Waals surface area (Å²) in [7, 11) is 0. The summed E-state index contributed by atoms with van der Waals surface area (Å²) >= 11 is 0.494. The van der Waals surface area contributed by atoms with Crippen LogP contribution in [-0.4, -0.2) is 43.0 Å². The summed E-state index contributed by atoms with van der Waals surface area (Å²) in [4.78, 5) is 28.0. The Morgan fingerprint density at radius 1 is 0.902 bits per heavy atom. The summed E-state index contributed by atoms with van der Waals surface area (Å²) in [5.41, 5.74) is -9.74. The van der Waals surface area contributed by atoms with Crippen molar-refractivity contribution < 1.29 is 67.1 Å². The minimum Gasteiger partial charge on any atom is -0.374 e. The monoisotopic (exact) mass is 629 g/mol. The van der Waals surface area contributed by atoms with Crippen LogP contribution in [0.4, 0.5) is 52.7 Å². The molecular weight excluding hydrogens is 614 g/mol. The Labute approximate surface area is 225 Å². The van der Waals surface area contributed by atoms with E-state index < -0.39 is 84.0 Å². The van der Waals surface area contributed by atoms with Crippen LogP contribution in [0.1, 0.15) is 43.2 Å². The van der Waals surface area contributed by atoms with Crippen molar-refractivity contribution >= 4 is 28.9 Å². The lowest BCUT2D eigenvalue weighted by atomic mass is 9.85. The number of nitrogens with zero attached hydrogens (tertiary/aromatic N) is 1. The molecule has 0 saturated carbocycles. The highest BCUT2D eigenvalue weighted by Gasteiger charge is 2.63. The van der Waals surface area contributed by atoms with Crippen LogP contribution in [0.15, 0.2) is 29.4 Å². The lowest BCUT2D eigenvalue weighted by Gasteiger charge is -2.30. The van der Waals surface area contributed by atoms with Crippen LogP contribution < -0.4 is 10.6 Å². The van der Waals surface area contributed by atoms with Crippen molar-refractivity contribution in [2.45, 2.75) is 43.7 Å². The van der Waals surface area contributed by atoms with Gasteiger partial charge in [0.25, 0.3) is 11.5 Å². The van der Waals surface area contributed by atoms with Crippen LogP contribution in [0.25, 0.3) is 0 Å². The molecule has 3 rings (SSSR count). The highest BCUT2D eigenvalue weighted by Crippen LogP contribution is 2.51.